The number of benzene rings is 1. The molecule has 0 spiro atoms. The maximum absolute atomic E-state index is 5.48. The summed E-state index contributed by atoms with van der Waals surface area (Å²) in [6.07, 6.45) is 4.38. The fourth-order valence-electron chi connectivity index (χ4n) is 2.44. The van der Waals surface area contributed by atoms with Gasteiger partial charge in [-0.3, -0.25) is 4.99 Å². The molecule has 1 aliphatic heterocycles. The minimum atomic E-state index is 0. The van der Waals surface area contributed by atoms with Crippen molar-refractivity contribution >= 4 is 41.7 Å². The number of halogens is 1. The van der Waals surface area contributed by atoms with Crippen LogP contribution in [0.1, 0.15) is 18.4 Å². The van der Waals surface area contributed by atoms with Gasteiger partial charge in [0.05, 0.1) is 0 Å². The van der Waals surface area contributed by atoms with Crippen molar-refractivity contribution in [1.29, 1.82) is 0 Å². The lowest BCUT2D eigenvalue weighted by Gasteiger charge is -2.36. The molecule has 1 fully saturated rings. The Labute approximate surface area is 154 Å². The van der Waals surface area contributed by atoms with Gasteiger partial charge >= 0.3 is 0 Å². The second-order valence-electron chi connectivity index (χ2n) is 5.26. The number of aliphatic imine (C=N–C) groups is 1. The van der Waals surface area contributed by atoms with E-state index in [-0.39, 0.29) is 28.7 Å². The van der Waals surface area contributed by atoms with E-state index in [9.17, 15) is 0 Å². The van der Waals surface area contributed by atoms with Gasteiger partial charge in [-0.05, 0) is 24.7 Å². The lowest BCUT2D eigenvalue weighted by Crippen LogP contribution is -2.47. The highest BCUT2D eigenvalue weighted by Gasteiger charge is 2.31. The molecule has 124 valence electrons. The van der Waals surface area contributed by atoms with Crippen molar-refractivity contribution in [3.05, 3.63) is 35.9 Å². The fraction of sp³-hybridized carbons (Fsp3) is 0.562. The minimum absolute atomic E-state index is 0. The first-order chi connectivity index (χ1) is 10.3. The molecule has 22 heavy (non-hydrogen) atoms. The van der Waals surface area contributed by atoms with Gasteiger partial charge in [-0.25, -0.2) is 0 Å². The van der Waals surface area contributed by atoms with Crippen LogP contribution in [0.2, 0.25) is 0 Å². The molecule has 0 saturated carbocycles. The lowest BCUT2D eigenvalue weighted by molar-refractivity contribution is 0.0783. The van der Waals surface area contributed by atoms with Gasteiger partial charge in [0, 0.05) is 38.1 Å². The van der Waals surface area contributed by atoms with Crippen molar-refractivity contribution in [2.24, 2.45) is 4.99 Å². The van der Waals surface area contributed by atoms with E-state index < -0.39 is 0 Å². The number of rotatable bonds is 5. The molecule has 0 aromatic heterocycles. The summed E-state index contributed by atoms with van der Waals surface area (Å²) in [4.78, 5) is 4.31. The van der Waals surface area contributed by atoms with Gasteiger partial charge in [0.2, 0.25) is 0 Å². The number of nitrogens with one attached hydrogen (secondary N) is 2. The average Bonchev–Trinajstić information content (AvgIpc) is 2.57. The van der Waals surface area contributed by atoms with Gasteiger partial charge in [-0.2, -0.15) is 11.8 Å². The topological polar surface area (TPSA) is 45.7 Å². The number of thioether (sulfide) groups is 1. The molecule has 2 N–H and O–H groups in total. The average molecular weight is 435 g/mol. The maximum atomic E-state index is 5.48. The van der Waals surface area contributed by atoms with Crippen LogP contribution in [-0.4, -0.2) is 43.8 Å². The van der Waals surface area contributed by atoms with Gasteiger partial charge in [-0.15, -0.1) is 24.0 Å². The summed E-state index contributed by atoms with van der Waals surface area (Å²) >= 11 is 1.93. The Morgan fingerprint density at radius 2 is 1.91 bits per heavy atom. The van der Waals surface area contributed by atoms with Crippen molar-refractivity contribution < 1.29 is 4.74 Å². The Bertz CT molecular complexity index is 450. The summed E-state index contributed by atoms with van der Waals surface area (Å²) in [7, 11) is 1.82. The second-order valence-corrected chi connectivity index (χ2v) is 6.54. The van der Waals surface area contributed by atoms with Crippen molar-refractivity contribution in [3.63, 3.8) is 0 Å². The van der Waals surface area contributed by atoms with E-state index in [2.05, 4.69) is 46.1 Å². The summed E-state index contributed by atoms with van der Waals surface area (Å²) in [5, 5.41) is 6.83. The minimum Gasteiger partial charge on any atom is -0.381 e. The molecule has 0 radical (unpaired) electrons. The van der Waals surface area contributed by atoms with E-state index in [0.717, 1.165) is 45.1 Å². The summed E-state index contributed by atoms with van der Waals surface area (Å²) in [5.41, 5.74) is 1.26. The second kappa shape index (κ2) is 10.3. The summed E-state index contributed by atoms with van der Waals surface area (Å²) in [5.74, 6) is 0.860. The predicted octanol–water partition coefficient (Wildman–Crippen LogP) is 2.88. The molecule has 4 nitrogen and oxygen atoms in total. The summed E-state index contributed by atoms with van der Waals surface area (Å²) in [6, 6.07) is 10.4. The SMILES string of the molecule is CN=C(NCc1ccccc1)NCC1(SC)CCOCC1.I. The highest BCUT2D eigenvalue weighted by molar-refractivity contribution is 14.0. The maximum Gasteiger partial charge on any atom is 0.191 e. The van der Waals surface area contributed by atoms with E-state index in [1.54, 1.807) is 0 Å². The number of guanidine groups is 1. The van der Waals surface area contributed by atoms with Crippen LogP contribution in [0.25, 0.3) is 0 Å². The molecular formula is C16H26IN3OS. The number of ether oxygens (including phenoxy) is 1. The molecule has 1 saturated heterocycles. The van der Waals surface area contributed by atoms with Gasteiger partial charge in [0.15, 0.2) is 5.96 Å². The van der Waals surface area contributed by atoms with Gasteiger partial charge in [0.1, 0.15) is 0 Å². The zero-order valence-corrected chi connectivity index (χ0v) is 16.4. The zero-order chi connectivity index (χ0) is 15.0. The van der Waals surface area contributed by atoms with Gasteiger partial charge in [0.25, 0.3) is 0 Å². The molecule has 0 unspecified atom stereocenters. The standard InChI is InChI=1S/C16H25N3OS.HI/c1-17-15(18-12-14-6-4-3-5-7-14)19-13-16(21-2)8-10-20-11-9-16;/h3-7H,8-13H2,1-2H3,(H2,17,18,19);1H. The van der Waals surface area contributed by atoms with Gasteiger partial charge < -0.3 is 15.4 Å². The van der Waals surface area contributed by atoms with Crippen LogP contribution in [0.3, 0.4) is 0 Å². The van der Waals surface area contributed by atoms with Crippen molar-refractivity contribution in [1.82, 2.24) is 10.6 Å². The largest absolute Gasteiger partial charge is 0.381 e. The van der Waals surface area contributed by atoms with E-state index >= 15 is 0 Å². The molecule has 0 amide bonds. The third-order valence-corrected chi connectivity index (χ3v) is 5.36. The van der Waals surface area contributed by atoms with Crippen LogP contribution in [-0.2, 0) is 11.3 Å². The van der Waals surface area contributed by atoms with E-state index in [1.165, 1.54) is 5.56 Å². The Balaban J connectivity index is 0.00000242. The number of hydrogen-bond acceptors (Lipinski definition) is 3. The summed E-state index contributed by atoms with van der Waals surface area (Å²) in [6.45, 7) is 3.43. The number of hydrogen-bond donors (Lipinski definition) is 2. The first-order valence-corrected chi connectivity index (χ1v) is 8.62. The van der Waals surface area contributed by atoms with E-state index in [1.807, 2.05) is 24.9 Å². The third kappa shape index (κ3) is 5.96. The Morgan fingerprint density at radius 3 is 2.50 bits per heavy atom. The first-order valence-electron chi connectivity index (χ1n) is 7.39. The first kappa shape index (κ1) is 19.6. The Kier molecular flexibility index (Phi) is 9.19. The molecule has 0 bridgehead atoms. The Morgan fingerprint density at radius 1 is 1.23 bits per heavy atom. The molecule has 0 aliphatic carbocycles. The molecule has 2 rings (SSSR count). The third-order valence-electron chi connectivity index (χ3n) is 3.94. The van der Waals surface area contributed by atoms with Crippen LogP contribution in [0.5, 0.6) is 0 Å². The molecule has 6 heteroatoms. The normalized spacial score (nSPS) is 17.5. The van der Waals surface area contributed by atoms with Crippen LogP contribution in [0, 0.1) is 0 Å². The van der Waals surface area contributed by atoms with Crippen molar-refractivity contribution in [3.8, 4) is 0 Å². The quantitative estimate of drug-likeness (QED) is 0.424. The monoisotopic (exact) mass is 435 g/mol. The fourth-order valence-corrected chi connectivity index (χ4v) is 3.23. The smallest absolute Gasteiger partial charge is 0.191 e. The van der Waals surface area contributed by atoms with Crippen molar-refractivity contribution in [2.75, 3.05) is 33.1 Å². The molecule has 0 atom stereocenters. The van der Waals surface area contributed by atoms with E-state index in [0.29, 0.717) is 0 Å². The summed E-state index contributed by atoms with van der Waals surface area (Å²) < 4.78 is 5.74. The Hall–Kier alpha value is -0.470. The van der Waals surface area contributed by atoms with Crippen molar-refractivity contribution in [2.45, 2.75) is 24.1 Å². The molecule has 1 heterocycles. The molecular weight excluding hydrogens is 409 g/mol. The zero-order valence-electron chi connectivity index (χ0n) is 13.3. The molecule has 1 aromatic carbocycles. The van der Waals surface area contributed by atoms with Crippen LogP contribution in [0.15, 0.2) is 35.3 Å². The highest BCUT2D eigenvalue weighted by atomic mass is 127. The predicted molar refractivity (Wildman–Crippen MR) is 106 cm³/mol. The van der Waals surface area contributed by atoms with Gasteiger partial charge in [-0.1, -0.05) is 30.3 Å². The van der Waals surface area contributed by atoms with Crippen LogP contribution in [0.4, 0.5) is 0 Å². The van der Waals surface area contributed by atoms with Crippen LogP contribution < -0.4 is 10.6 Å². The van der Waals surface area contributed by atoms with E-state index in [4.69, 9.17) is 4.74 Å². The van der Waals surface area contributed by atoms with Crippen LogP contribution >= 0.6 is 35.7 Å². The molecule has 1 aromatic rings. The molecule has 1 aliphatic rings. The lowest BCUT2D eigenvalue weighted by atomic mass is 9.99. The highest BCUT2D eigenvalue weighted by Crippen LogP contribution is 2.32. The number of nitrogens with zero attached hydrogens (tertiary/aromatic N) is 1.